The average Bonchev–Trinajstić information content (AvgIpc) is 3.65. The smallest absolute Gasteiger partial charge is 0.306 e. The number of hydrogen-bond acceptors (Lipinski definition) is 8. The third kappa shape index (κ3) is 6.31. The molecule has 1 aromatic carbocycles. The quantitative estimate of drug-likeness (QED) is 0.283. The first-order valence-corrected chi connectivity index (χ1v) is 17.5. The number of aldehydes is 1. The van der Waals surface area contributed by atoms with Crippen molar-refractivity contribution in [2.24, 2.45) is 35.5 Å². The lowest BCUT2D eigenvalue weighted by molar-refractivity contribution is -0.157. The summed E-state index contributed by atoms with van der Waals surface area (Å²) in [5, 5.41) is 0. The fourth-order valence-corrected chi connectivity index (χ4v) is 8.97. The van der Waals surface area contributed by atoms with E-state index in [9.17, 15) is 14.4 Å². The number of ether oxygens (including phenoxy) is 3. The van der Waals surface area contributed by atoms with Crippen LogP contribution in [0.15, 0.2) is 18.2 Å². The highest BCUT2D eigenvalue weighted by molar-refractivity contribution is 5.87. The van der Waals surface area contributed by atoms with Gasteiger partial charge in [-0.2, -0.15) is 8.78 Å². The molecular formula is C36H45F2N3O6. The molecule has 47 heavy (non-hydrogen) atoms. The molecule has 4 fully saturated rings. The number of amides is 1. The number of benzene rings is 1. The van der Waals surface area contributed by atoms with Gasteiger partial charge in [-0.1, -0.05) is 32.6 Å². The maximum atomic E-state index is 16.1. The molecule has 1 saturated heterocycles. The highest BCUT2D eigenvalue weighted by atomic mass is 19.3. The zero-order chi connectivity index (χ0) is 32.9. The normalized spacial score (nSPS) is 34.7. The van der Waals surface area contributed by atoms with Gasteiger partial charge >= 0.3 is 5.97 Å². The lowest BCUT2D eigenvalue weighted by Crippen LogP contribution is -2.45. The van der Waals surface area contributed by atoms with Crippen LogP contribution in [0, 0.1) is 35.5 Å². The molecule has 2 bridgehead atoms. The number of methoxy groups -OCH3 is 1. The molecule has 2 aromatic rings. The van der Waals surface area contributed by atoms with Crippen molar-refractivity contribution in [2.45, 2.75) is 108 Å². The van der Waals surface area contributed by atoms with Gasteiger partial charge in [-0.15, -0.1) is 0 Å². The Balaban J connectivity index is 1.26. The first-order valence-electron chi connectivity index (χ1n) is 17.5. The van der Waals surface area contributed by atoms with Crippen LogP contribution in [-0.2, 0) is 25.0 Å². The van der Waals surface area contributed by atoms with Crippen LogP contribution in [0.5, 0.6) is 11.6 Å². The number of rotatable bonds is 3. The highest BCUT2D eigenvalue weighted by Crippen LogP contribution is 2.58. The zero-order valence-electron chi connectivity index (χ0n) is 27.2. The molecular weight excluding hydrogens is 608 g/mol. The maximum Gasteiger partial charge on any atom is 0.306 e. The fourth-order valence-electron chi connectivity index (χ4n) is 8.97. The van der Waals surface area contributed by atoms with E-state index in [4.69, 9.17) is 14.2 Å². The fraction of sp³-hybridized carbons (Fsp3) is 0.694. The predicted octanol–water partition coefficient (Wildman–Crippen LogP) is 6.25. The second-order valence-electron chi connectivity index (χ2n) is 14.6. The molecule has 1 amide bonds. The van der Waals surface area contributed by atoms with Gasteiger partial charge in [0.1, 0.15) is 24.2 Å². The summed E-state index contributed by atoms with van der Waals surface area (Å²) in [7, 11) is 1.51. The van der Waals surface area contributed by atoms with Gasteiger partial charge in [0.05, 0.1) is 43.1 Å². The van der Waals surface area contributed by atoms with Crippen LogP contribution in [0.1, 0.15) is 89.7 Å². The van der Waals surface area contributed by atoms with Gasteiger partial charge in [-0.3, -0.25) is 9.59 Å². The summed E-state index contributed by atoms with van der Waals surface area (Å²) in [6.45, 7) is 1.79. The maximum absolute atomic E-state index is 16.1. The Bertz CT molecular complexity index is 1520. The van der Waals surface area contributed by atoms with Crippen molar-refractivity contribution in [3.8, 4) is 11.6 Å². The minimum absolute atomic E-state index is 0.0105. The summed E-state index contributed by atoms with van der Waals surface area (Å²) >= 11 is 0. The lowest BCUT2D eigenvalue weighted by atomic mass is 9.77. The van der Waals surface area contributed by atoms with Crippen LogP contribution in [0.2, 0.25) is 0 Å². The third-order valence-electron chi connectivity index (χ3n) is 11.8. The molecule has 3 saturated carbocycles. The first-order chi connectivity index (χ1) is 22.7. The number of fused-ring (bicyclic) bond motifs is 7. The van der Waals surface area contributed by atoms with Crippen molar-refractivity contribution in [1.82, 2.24) is 14.9 Å². The van der Waals surface area contributed by atoms with Gasteiger partial charge in [0.2, 0.25) is 11.8 Å². The molecule has 0 radical (unpaired) electrons. The number of aromatic nitrogens is 2. The summed E-state index contributed by atoms with van der Waals surface area (Å²) in [5.41, 5.74) is 0.0994. The summed E-state index contributed by atoms with van der Waals surface area (Å²) in [5.74, 6) is -3.74. The van der Waals surface area contributed by atoms with E-state index < -0.39 is 42.0 Å². The Labute approximate surface area is 274 Å². The van der Waals surface area contributed by atoms with E-state index in [1.165, 1.54) is 12.0 Å². The summed E-state index contributed by atoms with van der Waals surface area (Å²) in [6.07, 6.45) is 7.43. The monoisotopic (exact) mass is 653 g/mol. The Morgan fingerprint density at radius 2 is 1.72 bits per heavy atom. The second-order valence-corrected chi connectivity index (χ2v) is 14.6. The van der Waals surface area contributed by atoms with Gasteiger partial charge < -0.3 is 23.9 Å². The summed E-state index contributed by atoms with van der Waals surface area (Å²) < 4.78 is 49.9. The first kappa shape index (κ1) is 32.2. The van der Waals surface area contributed by atoms with Crippen LogP contribution in [0.25, 0.3) is 11.0 Å². The van der Waals surface area contributed by atoms with E-state index in [2.05, 4.69) is 9.97 Å². The Morgan fingerprint density at radius 3 is 2.49 bits per heavy atom. The molecule has 1 aromatic heterocycles. The second kappa shape index (κ2) is 12.9. The van der Waals surface area contributed by atoms with Gasteiger partial charge in [0.15, 0.2) is 5.69 Å². The minimum atomic E-state index is -3.33. The van der Waals surface area contributed by atoms with E-state index >= 15 is 8.78 Å². The number of halogens is 2. The molecule has 11 heteroatoms. The van der Waals surface area contributed by atoms with Crippen molar-refractivity contribution in [3.63, 3.8) is 0 Å². The largest absolute Gasteiger partial charge is 0.497 e. The number of hydrogen-bond donors (Lipinski definition) is 0. The van der Waals surface area contributed by atoms with Crippen molar-refractivity contribution in [2.75, 3.05) is 13.7 Å². The molecule has 9 nitrogen and oxygen atoms in total. The Hall–Kier alpha value is -3.37. The molecule has 0 N–H and O–H groups in total. The van der Waals surface area contributed by atoms with Gasteiger partial charge in [0, 0.05) is 18.4 Å². The third-order valence-corrected chi connectivity index (χ3v) is 11.8. The topological polar surface area (TPSA) is 108 Å². The van der Waals surface area contributed by atoms with Gasteiger partial charge in [0.25, 0.3) is 5.92 Å². The van der Waals surface area contributed by atoms with Crippen LogP contribution in [0.3, 0.4) is 0 Å². The Kier molecular flexibility index (Phi) is 8.85. The van der Waals surface area contributed by atoms with Crippen LogP contribution >= 0.6 is 0 Å². The van der Waals surface area contributed by atoms with Crippen molar-refractivity contribution in [1.29, 1.82) is 0 Å². The van der Waals surface area contributed by atoms with E-state index in [-0.39, 0.29) is 55.1 Å². The molecule has 3 aliphatic carbocycles. The van der Waals surface area contributed by atoms with Crippen molar-refractivity contribution >= 4 is 29.2 Å². The zero-order valence-corrected chi connectivity index (χ0v) is 27.2. The van der Waals surface area contributed by atoms with Crippen LogP contribution in [0.4, 0.5) is 8.78 Å². The minimum Gasteiger partial charge on any atom is -0.497 e. The average molecular weight is 654 g/mol. The number of alkyl halides is 2. The SMILES string of the molecule is COc1ccc2nc3c(nc2c1)O[C@H]1CN(C(=O)[C@H](C2CCCCC2)CC(=O)O[C@@H]2CC4CC4[C@H]2CCCCC3(F)F)[C@H](C=O)[C@@H]1C. The predicted molar refractivity (Wildman–Crippen MR) is 168 cm³/mol. The number of nitrogens with zero attached hydrogens (tertiary/aromatic N) is 3. The van der Waals surface area contributed by atoms with Crippen molar-refractivity contribution < 1.29 is 37.4 Å². The molecule has 8 atom stereocenters. The van der Waals surface area contributed by atoms with E-state index in [1.54, 1.807) is 25.1 Å². The van der Waals surface area contributed by atoms with Gasteiger partial charge in [-0.05, 0) is 74.3 Å². The van der Waals surface area contributed by atoms with Crippen molar-refractivity contribution in [3.05, 3.63) is 23.9 Å². The molecule has 5 aliphatic rings. The molecule has 3 heterocycles. The molecule has 2 unspecified atom stereocenters. The van der Waals surface area contributed by atoms with Crippen LogP contribution < -0.4 is 9.47 Å². The molecule has 254 valence electrons. The molecule has 0 spiro atoms. The lowest BCUT2D eigenvalue weighted by Gasteiger charge is -2.33. The summed E-state index contributed by atoms with van der Waals surface area (Å²) in [6, 6.07) is 4.04. The van der Waals surface area contributed by atoms with E-state index in [0.29, 0.717) is 41.5 Å². The van der Waals surface area contributed by atoms with Crippen LogP contribution in [-0.4, -0.2) is 64.9 Å². The number of esters is 1. The molecule has 7 rings (SSSR count). The number of carbonyl (C=O) groups excluding carboxylic acids is 3. The highest BCUT2D eigenvalue weighted by Gasteiger charge is 2.55. The van der Waals surface area contributed by atoms with Gasteiger partial charge in [-0.25, -0.2) is 9.97 Å². The Morgan fingerprint density at radius 1 is 0.936 bits per heavy atom. The van der Waals surface area contributed by atoms with E-state index in [0.717, 1.165) is 51.2 Å². The molecule has 2 aliphatic heterocycles. The summed E-state index contributed by atoms with van der Waals surface area (Å²) in [4.78, 5) is 50.8. The number of carbonyl (C=O) groups is 3. The standard InChI is InChI=1S/C36H45F2N3O6/c1-20-29(19-42)41-18-31(20)47-34-33(39-27-12-11-23(45-2)16-28(27)40-34)36(37,38)13-7-6-10-24-25-14-22(25)15-30(24)46-32(43)17-26(35(41)44)21-8-4-3-5-9-21/h11-12,16,19-22,24-26,29-31H,3-10,13-15,17-18H2,1-2H3/t20-,22?,24+,25?,26-,29+,30+,31-/m0/s1. The van der Waals surface area contributed by atoms with E-state index in [1.807, 2.05) is 0 Å².